The van der Waals surface area contributed by atoms with Crippen molar-refractivity contribution in [2.75, 3.05) is 13.1 Å². The Morgan fingerprint density at radius 2 is 2.00 bits per heavy atom. The zero-order valence-electron chi connectivity index (χ0n) is 12.6. The number of carbonyl (C=O) groups is 1. The maximum atomic E-state index is 12.5. The van der Waals surface area contributed by atoms with E-state index in [2.05, 4.69) is 0 Å². The lowest BCUT2D eigenvalue weighted by molar-refractivity contribution is -0.159. The molecule has 1 aliphatic carbocycles. The molecule has 23 heavy (non-hydrogen) atoms. The topological polar surface area (TPSA) is 43.8 Å². The van der Waals surface area contributed by atoms with Gasteiger partial charge in [-0.1, -0.05) is 12.1 Å². The van der Waals surface area contributed by atoms with Gasteiger partial charge in [0.15, 0.2) is 0 Å². The molecule has 0 unspecified atom stereocenters. The molecule has 0 spiro atoms. The summed E-state index contributed by atoms with van der Waals surface area (Å²) in [4.78, 5) is 15.2. The summed E-state index contributed by atoms with van der Waals surface area (Å²) >= 11 is 0. The van der Waals surface area contributed by atoms with Crippen molar-refractivity contribution in [1.82, 2.24) is 9.80 Å². The van der Waals surface area contributed by atoms with Gasteiger partial charge in [0, 0.05) is 19.1 Å². The number of phenolic OH excluding ortho intramolecular Hbond substituents is 1. The fourth-order valence-electron chi connectivity index (χ4n) is 3.17. The number of likely N-dealkylation sites (tertiary alicyclic amines) is 1. The Bertz CT molecular complexity index is 587. The van der Waals surface area contributed by atoms with E-state index in [9.17, 15) is 23.1 Å². The van der Waals surface area contributed by atoms with Crippen LogP contribution in [0.5, 0.6) is 5.75 Å². The van der Waals surface area contributed by atoms with Crippen molar-refractivity contribution in [3.63, 3.8) is 0 Å². The van der Waals surface area contributed by atoms with Gasteiger partial charge in [0.05, 0.1) is 6.04 Å². The first-order valence-electron chi connectivity index (χ1n) is 7.73. The van der Waals surface area contributed by atoms with E-state index in [4.69, 9.17) is 0 Å². The molecule has 0 aromatic heterocycles. The van der Waals surface area contributed by atoms with E-state index in [0.717, 1.165) is 23.3 Å². The van der Waals surface area contributed by atoms with Crippen LogP contribution in [0.4, 0.5) is 13.2 Å². The fourth-order valence-corrected chi connectivity index (χ4v) is 3.17. The van der Waals surface area contributed by atoms with Crippen LogP contribution in [-0.2, 0) is 11.3 Å². The molecule has 1 N–H and O–H groups in total. The third kappa shape index (κ3) is 3.96. The van der Waals surface area contributed by atoms with Gasteiger partial charge < -0.3 is 10.0 Å². The smallest absolute Gasteiger partial charge is 0.406 e. The number of hydrogen-bond acceptors (Lipinski definition) is 3. The molecule has 1 aromatic carbocycles. The monoisotopic (exact) mass is 328 g/mol. The number of carbonyl (C=O) groups excluding carboxylic acids is 1. The highest BCUT2D eigenvalue weighted by atomic mass is 19.4. The average Bonchev–Trinajstić information content (AvgIpc) is 3.22. The normalized spacial score (nSPS) is 22.2. The number of benzene rings is 1. The Balaban J connectivity index is 1.71. The van der Waals surface area contributed by atoms with Crippen molar-refractivity contribution in [2.45, 2.75) is 44.1 Å². The fraction of sp³-hybridized carbons (Fsp3) is 0.562. The second-order valence-electron chi connectivity index (χ2n) is 6.25. The SMILES string of the molecule is O=C1[C@@H](N(Cc2cccc(O)c2)C2CC2)CCN1CC(F)(F)F. The van der Waals surface area contributed by atoms with Gasteiger partial charge in [-0.05, 0) is 37.0 Å². The van der Waals surface area contributed by atoms with E-state index in [0.29, 0.717) is 13.0 Å². The number of nitrogens with zero attached hydrogens (tertiary/aromatic N) is 2. The predicted molar refractivity (Wildman–Crippen MR) is 77.7 cm³/mol. The molecule has 2 aliphatic rings. The first-order valence-corrected chi connectivity index (χ1v) is 7.73. The van der Waals surface area contributed by atoms with E-state index in [1.165, 1.54) is 0 Å². The molecule has 1 amide bonds. The molecule has 0 radical (unpaired) electrons. The summed E-state index contributed by atoms with van der Waals surface area (Å²) < 4.78 is 37.6. The summed E-state index contributed by atoms with van der Waals surface area (Å²) in [6.07, 6.45) is -2.02. The van der Waals surface area contributed by atoms with Gasteiger partial charge in [-0.25, -0.2) is 0 Å². The second-order valence-corrected chi connectivity index (χ2v) is 6.25. The van der Waals surface area contributed by atoms with Crippen LogP contribution in [0.25, 0.3) is 0 Å². The molecule has 4 nitrogen and oxygen atoms in total. The molecule has 1 aromatic rings. The highest BCUT2D eigenvalue weighted by Crippen LogP contribution is 2.34. The zero-order valence-corrected chi connectivity index (χ0v) is 12.6. The molecular formula is C16H19F3N2O2. The molecule has 1 saturated carbocycles. The van der Waals surface area contributed by atoms with Crippen molar-refractivity contribution in [3.05, 3.63) is 29.8 Å². The lowest BCUT2D eigenvalue weighted by Crippen LogP contribution is -2.44. The van der Waals surface area contributed by atoms with Crippen LogP contribution >= 0.6 is 0 Å². The lowest BCUT2D eigenvalue weighted by atomic mass is 10.1. The Morgan fingerprint density at radius 1 is 1.26 bits per heavy atom. The molecule has 126 valence electrons. The lowest BCUT2D eigenvalue weighted by Gasteiger charge is -2.28. The third-order valence-electron chi connectivity index (χ3n) is 4.33. The number of aromatic hydroxyl groups is 1. The highest BCUT2D eigenvalue weighted by molar-refractivity contribution is 5.84. The van der Waals surface area contributed by atoms with Gasteiger partial charge in [0.25, 0.3) is 0 Å². The molecule has 0 bridgehead atoms. The Hall–Kier alpha value is -1.76. The maximum absolute atomic E-state index is 12.5. The number of halogens is 3. The van der Waals surface area contributed by atoms with Gasteiger partial charge in [-0.15, -0.1) is 0 Å². The minimum atomic E-state index is -4.36. The Labute approximate surface area is 132 Å². The van der Waals surface area contributed by atoms with E-state index >= 15 is 0 Å². The summed E-state index contributed by atoms with van der Waals surface area (Å²) in [5.41, 5.74) is 0.860. The minimum absolute atomic E-state index is 0.145. The van der Waals surface area contributed by atoms with Crippen molar-refractivity contribution in [1.29, 1.82) is 0 Å². The second kappa shape index (κ2) is 6.03. The molecule has 1 saturated heterocycles. The van der Waals surface area contributed by atoms with Crippen molar-refractivity contribution >= 4 is 5.91 Å². The Kier molecular flexibility index (Phi) is 4.23. The maximum Gasteiger partial charge on any atom is 0.406 e. The van der Waals surface area contributed by atoms with E-state index in [1.807, 2.05) is 11.0 Å². The van der Waals surface area contributed by atoms with Crippen LogP contribution in [0.3, 0.4) is 0 Å². The number of rotatable bonds is 5. The highest BCUT2D eigenvalue weighted by Gasteiger charge is 2.44. The Morgan fingerprint density at radius 3 is 2.61 bits per heavy atom. The van der Waals surface area contributed by atoms with Crippen molar-refractivity contribution in [2.24, 2.45) is 0 Å². The first-order chi connectivity index (χ1) is 10.8. The molecule has 3 rings (SSSR count). The minimum Gasteiger partial charge on any atom is -0.508 e. The van der Waals surface area contributed by atoms with Crippen molar-refractivity contribution in [3.8, 4) is 5.75 Å². The van der Waals surface area contributed by atoms with Gasteiger partial charge in [0.2, 0.25) is 5.91 Å². The standard InChI is InChI=1S/C16H19F3N2O2/c17-16(18,19)10-20-7-6-14(15(20)23)21(12-4-5-12)9-11-2-1-3-13(22)8-11/h1-3,8,12,14,22H,4-7,9-10H2/t14-/m0/s1. The van der Waals surface area contributed by atoms with Crippen LogP contribution < -0.4 is 0 Å². The van der Waals surface area contributed by atoms with Crippen molar-refractivity contribution < 1.29 is 23.1 Å². The average molecular weight is 328 g/mol. The molecular weight excluding hydrogens is 309 g/mol. The summed E-state index contributed by atoms with van der Waals surface area (Å²) in [7, 11) is 0. The van der Waals surface area contributed by atoms with Crippen LogP contribution in [-0.4, -0.2) is 52.2 Å². The molecule has 2 fully saturated rings. The van der Waals surface area contributed by atoms with Gasteiger partial charge in [-0.2, -0.15) is 13.2 Å². The first kappa shape index (κ1) is 16.1. The largest absolute Gasteiger partial charge is 0.508 e. The summed E-state index contributed by atoms with van der Waals surface area (Å²) in [5.74, 6) is -0.288. The molecule has 1 atom stereocenters. The summed E-state index contributed by atoms with van der Waals surface area (Å²) in [5, 5.41) is 9.55. The summed E-state index contributed by atoms with van der Waals surface area (Å²) in [6.45, 7) is -0.561. The molecule has 1 aliphatic heterocycles. The van der Waals surface area contributed by atoms with Crippen LogP contribution in [0.1, 0.15) is 24.8 Å². The van der Waals surface area contributed by atoms with Gasteiger partial charge in [-0.3, -0.25) is 9.69 Å². The van der Waals surface area contributed by atoms with Crippen LogP contribution in [0.2, 0.25) is 0 Å². The van der Waals surface area contributed by atoms with Crippen LogP contribution in [0.15, 0.2) is 24.3 Å². The number of amides is 1. The van der Waals surface area contributed by atoms with E-state index in [-0.39, 0.29) is 18.3 Å². The quantitative estimate of drug-likeness (QED) is 0.903. The third-order valence-corrected chi connectivity index (χ3v) is 4.33. The van der Waals surface area contributed by atoms with Gasteiger partial charge in [0.1, 0.15) is 12.3 Å². The number of hydrogen-bond donors (Lipinski definition) is 1. The van der Waals surface area contributed by atoms with Crippen LogP contribution in [0, 0.1) is 0 Å². The zero-order chi connectivity index (χ0) is 16.6. The summed E-state index contributed by atoms with van der Waals surface area (Å²) in [6, 6.07) is 6.52. The van der Waals surface area contributed by atoms with E-state index in [1.54, 1.807) is 18.2 Å². The number of phenols is 1. The number of alkyl halides is 3. The molecule has 1 heterocycles. The van der Waals surface area contributed by atoms with Gasteiger partial charge >= 0.3 is 6.18 Å². The van der Waals surface area contributed by atoms with E-state index < -0.39 is 24.7 Å². The molecule has 7 heteroatoms. The predicted octanol–water partition coefficient (Wildman–Crippen LogP) is 2.52.